The van der Waals surface area contributed by atoms with Gasteiger partial charge in [0, 0.05) is 31.6 Å². The second kappa shape index (κ2) is 9.84. The van der Waals surface area contributed by atoms with Crippen LogP contribution < -0.4 is 0 Å². The molecule has 38 heavy (non-hydrogen) atoms. The molecule has 1 aliphatic heterocycles. The quantitative estimate of drug-likeness (QED) is 0.278. The van der Waals surface area contributed by atoms with Gasteiger partial charge >= 0.3 is 6.18 Å². The number of oxazole rings is 1. The number of fused-ring (bicyclic) bond motifs is 1. The Hall–Kier alpha value is -3.20. The SMILES string of the molecule is C[C@H]1CCCN(Cc2cc(C(F)(F)F)c3oc(-c4cccc([C@H](c5nncn5C)C5CCC5)c4)nc3c2)C1. The largest absolute Gasteiger partial charge is 0.435 e. The van der Waals surface area contributed by atoms with E-state index in [2.05, 4.69) is 27.0 Å². The highest BCUT2D eigenvalue weighted by atomic mass is 19.4. The van der Waals surface area contributed by atoms with Gasteiger partial charge in [-0.15, -0.1) is 10.2 Å². The summed E-state index contributed by atoms with van der Waals surface area (Å²) in [5.74, 6) is 2.14. The summed E-state index contributed by atoms with van der Waals surface area (Å²) in [6.07, 6.45) is 2.79. The number of benzene rings is 2. The number of likely N-dealkylation sites (tertiary alicyclic amines) is 1. The number of hydrogen-bond acceptors (Lipinski definition) is 5. The van der Waals surface area contributed by atoms with Crippen LogP contribution >= 0.6 is 0 Å². The molecule has 2 fully saturated rings. The van der Waals surface area contributed by atoms with Crippen LogP contribution in [0.1, 0.15) is 67.5 Å². The summed E-state index contributed by atoms with van der Waals surface area (Å²) in [6, 6.07) is 10.8. The second-order valence-corrected chi connectivity index (χ2v) is 11.1. The van der Waals surface area contributed by atoms with E-state index in [0.717, 1.165) is 50.2 Å². The average Bonchev–Trinajstić information content (AvgIpc) is 3.46. The molecule has 1 aliphatic carbocycles. The Kier molecular flexibility index (Phi) is 6.50. The number of aromatic nitrogens is 4. The molecule has 200 valence electrons. The van der Waals surface area contributed by atoms with Crippen molar-refractivity contribution in [3.8, 4) is 11.5 Å². The molecule has 3 heterocycles. The fraction of sp³-hybridized carbons (Fsp3) is 0.483. The fourth-order valence-electron chi connectivity index (χ4n) is 6.05. The van der Waals surface area contributed by atoms with Crippen LogP contribution in [0, 0.1) is 11.8 Å². The molecule has 0 unspecified atom stereocenters. The first-order valence-electron chi connectivity index (χ1n) is 13.4. The van der Waals surface area contributed by atoms with Gasteiger partial charge in [0.1, 0.15) is 23.2 Å². The molecule has 2 aromatic heterocycles. The minimum Gasteiger partial charge on any atom is -0.435 e. The van der Waals surface area contributed by atoms with Gasteiger partial charge in [-0.05, 0) is 79.5 Å². The van der Waals surface area contributed by atoms with Crippen LogP contribution in [0.15, 0.2) is 47.1 Å². The van der Waals surface area contributed by atoms with Gasteiger partial charge in [0.2, 0.25) is 5.89 Å². The zero-order valence-electron chi connectivity index (χ0n) is 21.7. The number of halogens is 3. The van der Waals surface area contributed by atoms with Gasteiger partial charge in [-0.3, -0.25) is 4.90 Å². The number of rotatable bonds is 6. The summed E-state index contributed by atoms with van der Waals surface area (Å²) >= 11 is 0. The lowest BCUT2D eigenvalue weighted by atomic mass is 9.72. The molecule has 6 rings (SSSR count). The summed E-state index contributed by atoms with van der Waals surface area (Å²) in [7, 11) is 1.94. The van der Waals surface area contributed by atoms with E-state index >= 15 is 0 Å². The third kappa shape index (κ3) is 4.84. The summed E-state index contributed by atoms with van der Waals surface area (Å²) in [5.41, 5.74) is 1.57. The van der Waals surface area contributed by atoms with Crippen LogP contribution in [-0.2, 0) is 19.8 Å². The molecule has 1 saturated carbocycles. The Balaban J connectivity index is 1.38. The third-order valence-corrected chi connectivity index (χ3v) is 8.14. The molecule has 0 spiro atoms. The van der Waals surface area contributed by atoms with Gasteiger partial charge in [0.25, 0.3) is 0 Å². The van der Waals surface area contributed by atoms with Crippen molar-refractivity contribution in [2.45, 2.75) is 57.7 Å². The van der Waals surface area contributed by atoms with E-state index in [9.17, 15) is 13.2 Å². The smallest absolute Gasteiger partial charge is 0.420 e. The third-order valence-electron chi connectivity index (χ3n) is 8.14. The van der Waals surface area contributed by atoms with Crippen molar-refractivity contribution in [3.63, 3.8) is 0 Å². The fourth-order valence-corrected chi connectivity index (χ4v) is 6.05. The molecule has 6 nitrogen and oxygen atoms in total. The van der Waals surface area contributed by atoms with Crippen molar-refractivity contribution in [1.29, 1.82) is 0 Å². The highest BCUT2D eigenvalue weighted by Crippen LogP contribution is 2.44. The number of hydrogen-bond donors (Lipinski definition) is 0. The lowest BCUT2D eigenvalue weighted by molar-refractivity contribution is -0.136. The highest BCUT2D eigenvalue weighted by Gasteiger charge is 2.36. The molecule has 4 aromatic rings. The van der Waals surface area contributed by atoms with Crippen molar-refractivity contribution < 1.29 is 17.6 Å². The van der Waals surface area contributed by atoms with E-state index in [1.807, 2.05) is 35.9 Å². The van der Waals surface area contributed by atoms with Crippen LogP contribution in [0.5, 0.6) is 0 Å². The molecule has 0 bridgehead atoms. The van der Waals surface area contributed by atoms with Gasteiger partial charge in [-0.1, -0.05) is 25.5 Å². The molecule has 1 saturated heterocycles. The van der Waals surface area contributed by atoms with Crippen molar-refractivity contribution in [1.82, 2.24) is 24.6 Å². The van der Waals surface area contributed by atoms with Crippen LogP contribution in [-0.4, -0.2) is 37.7 Å². The first-order valence-corrected chi connectivity index (χ1v) is 13.4. The Morgan fingerprint density at radius 1 is 1.11 bits per heavy atom. The maximum Gasteiger partial charge on any atom is 0.420 e. The van der Waals surface area contributed by atoms with Crippen LogP contribution in [0.2, 0.25) is 0 Å². The highest BCUT2D eigenvalue weighted by molar-refractivity contribution is 5.81. The lowest BCUT2D eigenvalue weighted by Crippen LogP contribution is -2.33. The molecular weight excluding hydrogens is 491 g/mol. The van der Waals surface area contributed by atoms with Gasteiger partial charge < -0.3 is 8.98 Å². The van der Waals surface area contributed by atoms with E-state index in [0.29, 0.717) is 29.5 Å². The Morgan fingerprint density at radius 3 is 2.63 bits per heavy atom. The molecule has 0 radical (unpaired) electrons. The zero-order valence-corrected chi connectivity index (χ0v) is 21.7. The Labute approximate surface area is 219 Å². The summed E-state index contributed by atoms with van der Waals surface area (Å²) in [4.78, 5) is 6.80. The van der Waals surface area contributed by atoms with Crippen molar-refractivity contribution in [2.75, 3.05) is 13.1 Å². The molecule has 2 aliphatic rings. The molecule has 9 heteroatoms. The topological polar surface area (TPSA) is 60.0 Å². The minimum absolute atomic E-state index is 0.0600. The number of nitrogens with zero attached hydrogens (tertiary/aromatic N) is 5. The van der Waals surface area contributed by atoms with Crippen LogP contribution in [0.4, 0.5) is 13.2 Å². The monoisotopic (exact) mass is 523 g/mol. The van der Waals surface area contributed by atoms with Crippen LogP contribution in [0.25, 0.3) is 22.6 Å². The van der Waals surface area contributed by atoms with Crippen molar-refractivity contribution >= 4 is 11.1 Å². The van der Waals surface area contributed by atoms with E-state index in [4.69, 9.17) is 4.42 Å². The molecule has 0 N–H and O–H groups in total. The molecular formula is C29H32F3N5O. The van der Waals surface area contributed by atoms with Gasteiger partial charge in [-0.2, -0.15) is 13.2 Å². The molecule has 2 aromatic carbocycles. The van der Waals surface area contributed by atoms with E-state index in [1.54, 1.807) is 12.4 Å². The lowest BCUT2D eigenvalue weighted by Gasteiger charge is -2.33. The summed E-state index contributed by atoms with van der Waals surface area (Å²) < 4.78 is 50.2. The van der Waals surface area contributed by atoms with E-state index < -0.39 is 11.7 Å². The van der Waals surface area contributed by atoms with E-state index in [-0.39, 0.29) is 22.9 Å². The number of piperidine rings is 1. The summed E-state index contributed by atoms with van der Waals surface area (Å²) in [6.45, 7) is 4.45. The number of aryl methyl sites for hydroxylation is 1. The van der Waals surface area contributed by atoms with E-state index in [1.165, 1.54) is 12.5 Å². The standard InChI is InChI=1S/C29H32F3N5O/c1-18-6-5-11-37(15-18)16-19-12-23(29(30,31)32)26-24(13-19)34-28(38-26)22-10-4-9-21(14-22)25(20-7-3-8-20)27-35-33-17-36(27)2/h4,9-10,12-14,17-18,20,25H,3,5-8,11,15-16H2,1-2H3/t18-,25+/m0/s1. The first-order chi connectivity index (χ1) is 18.3. The van der Waals surface area contributed by atoms with Crippen molar-refractivity contribution in [2.24, 2.45) is 18.9 Å². The number of alkyl halides is 3. The zero-order chi connectivity index (χ0) is 26.4. The first kappa shape index (κ1) is 25.1. The predicted octanol–water partition coefficient (Wildman–Crippen LogP) is 6.81. The molecule has 2 atom stereocenters. The van der Waals surface area contributed by atoms with Gasteiger partial charge in [-0.25, -0.2) is 4.98 Å². The Bertz CT molecular complexity index is 1440. The summed E-state index contributed by atoms with van der Waals surface area (Å²) in [5, 5.41) is 8.46. The van der Waals surface area contributed by atoms with Gasteiger partial charge in [0.15, 0.2) is 5.58 Å². The minimum atomic E-state index is -4.54. The second-order valence-electron chi connectivity index (χ2n) is 11.1. The average molecular weight is 524 g/mol. The maximum absolute atomic E-state index is 14.1. The Morgan fingerprint density at radius 2 is 1.95 bits per heavy atom. The normalized spacial score (nSPS) is 20.1. The van der Waals surface area contributed by atoms with Crippen LogP contribution in [0.3, 0.4) is 0 Å². The predicted molar refractivity (Wildman–Crippen MR) is 138 cm³/mol. The maximum atomic E-state index is 14.1. The molecule has 0 amide bonds. The van der Waals surface area contributed by atoms with Gasteiger partial charge in [0.05, 0.1) is 0 Å². The van der Waals surface area contributed by atoms with Crippen molar-refractivity contribution in [3.05, 3.63) is 65.2 Å².